The van der Waals surface area contributed by atoms with E-state index in [0.717, 1.165) is 21.2 Å². The Balaban J connectivity index is 1.56. The molecule has 8 heteroatoms. The summed E-state index contributed by atoms with van der Waals surface area (Å²) in [5, 5.41) is 5.99. The summed E-state index contributed by atoms with van der Waals surface area (Å²) in [6, 6.07) is 23.8. The highest BCUT2D eigenvalue weighted by Gasteiger charge is 2.46. The first-order valence-corrected chi connectivity index (χ1v) is 13.0. The van der Waals surface area contributed by atoms with Crippen molar-refractivity contribution in [1.82, 2.24) is 10.2 Å². The number of nitrogens with zero attached hydrogens (tertiary/aromatic N) is 1. The van der Waals surface area contributed by atoms with Crippen LogP contribution in [0.25, 0.3) is 10.8 Å². The molecule has 0 heterocycles. The fourth-order valence-corrected chi connectivity index (χ4v) is 4.94. The largest absolute Gasteiger partial charge is 0.413 e. The molecule has 4 aromatic carbocycles. The van der Waals surface area contributed by atoms with Crippen molar-refractivity contribution in [2.75, 3.05) is 6.54 Å². The molecule has 0 saturated carbocycles. The normalized spacial score (nSPS) is 13.3. The van der Waals surface area contributed by atoms with Gasteiger partial charge in [0.05, 0.1) is 10.0 Å². The summed E-state index contributed by atoms with van der Waals surface area (Å²) < 4.78 is 43.3. The van der Waals surface area contributed by atoms with E-state index in [1.165, 1.54) is 36.4 Å². The Bertz CT molecular complexity index is 1390. The first-order chi connectivity index (χ1) is 18.1. The zero-order valence-corrected chi connectivity index (χ0v) is 22.2. The number of nitrogens with one attached hydrogen (secondary N) is 1. The van der Waals surface area contributed by atoms with Gasteiger partial charge in [-0.1, -0.05) is 102 Å². The lowest BCUT2D eigenvalue weighted by Gasteiger charge is -2.34. The van der Waals surface area contributed by atoms with Gasteiger partial charge in [-0.2, -0.15) is 13.2 Å². The Kier molecular flexibility index (Phi) is 8.98. The molecule has 0 aliphatic carbocycles. The minimum Gasteiger partial charge on any atom is -0.322 e. The van der Waals surface area contributed by atoms with E-state index >= 15 is 0 Å². The number of fused-ring (bicyclic) bond motifs is 1. The molecule has 0 saturated heterocycles. The average molecular weight is 559 g/mol. The second-order valence-electron chi connectivity index (χ2n) is 9.12. The van der Waals surface area contributed by atoms with Gasteiger partial charge in [0, 0.05) is 25.6 Å². The molecule has 1 N–H and O–H groups in total. The second-order valence-corrected chi connectivity index (χ2v) is 9.93. The third-order valence-corrected chi connectivity index (χ3v) is 7.21. The van der Waals surface area contributed by atoms with E-state index in [9.17, 15) is 18.0 Å². The molecule has 0 radical (unpaired) electrons. The van der Waals surface area contributed by atoms with E-state index in [0.29, 0.717) is 5.56 Å². The van der Waals surface area contributed by atoms with Crippen molar-refractivity contribution in [2.24, 2.45) is 0 Å². The maximum absolute atomic E-state index is 14.4. The first kappa shape index (κ1) is 28.0. The van der Waals surface area contributed by atoms with Crippen LogP contribution in [-0.2, 0) is 11.3 Å². The molecule has 198 valence electrons. The number of hydrogen-bond donors (Lipinski definition) is 1. The molecule has 4 aromatic rings. The van der Waals surface area contributed by atoms with Gasteiger partial charge in [-0.15, -0.1) is 0 Å². The highest BCUT2D eigenvalue weighted by molar-refractivity contribution is 6.42. The predicted octanol–water partition coefficient (Wildman–Crippen LogP) is 8.52. The van der Waals surface area contributed by atoms with E-state index in [2.05, 4.69) is 5.32 Å². The minimum absolute atomic E-state index is 0.00880. The van der Waals surface area contributed by atoms with Crippen molar-refractivity contribution in [3.8, 4) is 0 Å². The quantitative estimate of drug-likeness (QED) is 0.223. The third kappa shape index (κ3) is 6.68. The number of alkyl halides is 3. The summed E-state index contributed by atoms with van der Waals surface area (Å²) in [5.41, 5.74) is 1.50. The summed E-state index contributed by atoms with van der Waals surface area (Å²) >= 11 is 12.1. The Hall–Kier alpha value is -3.06. The van der Waals surface area contributed by atoms with E-state index in [4.69, 9.17) is 23.2 Å². The van der Waals surface area contributed by atoms with Crippen molar-refractivity contribution in [3.05, 3.63) is 118 Å². The summed E-state index contributed by atoms with van der Waals surface area (Å²) in [6.07, 6.45) is -4.80. The third-order valence-electron chi connectivity index (χ3n) is 6.47. The Labute approximate surface area is 230 Å². The van der Waals surface area contributed by atoms with Gasteiger partial charge in [0.1, 0.15) is 0 Å². The van der Waals surface area contributed by atoms with Crippen LogP contribution in [0.2, 0.25) is 10.0 Å². The van der Waals surface area contributed by atoms with E-state index in [1.54, 1.807) is 12.1 Å². The van der Waals surface area contributed by atoms with E-state index in [1.807, 2.05) is 49.4 Å². The number of hydrogen-bond acceptors (Lipinski definition) is 2. The summed E-state index contributed by atoms with van der Waals surface area (Å²) in [4.78, 5) is 14.3. The molecule has 0 fully saturated rings. The number of rotatable bonds is 9. The van der Waals surface area contributed by atoms with Gasteiger partial charge >= 0.3 is 6.18 Å². The lowest BCUT2D eigenvalue weighted by Crippen LogP contribution is -2.43. The van der Waals surface area contributed by atoms with E-state index in [-0.39, 0.29) is 41.2 Å². The topological polar surface area (TPSA) is 32.3 Å². The highest BCUT2D eigenvalue weighted by Crippen LogP contribution is 2.39. The van der Waals surface area contributed by atoms with Gasteiger partial charge in [0.2, 0.25) is 5.91 Å². The molecular formula is C30H27Cl2F3N2O. The minimum atomic E-state index is -4.68. The van der Waals surface area contributed by atoms with Crippen LogP contribution in [0.4, 0.5) is 13.2 Å². The molecule has 3 nitrogen and oxygen atoms in total. The van der Waals surface area contributed by atoms with Crippen molar-refractivity contribution in [2.45, 2.75) is 38.1 Å². The number of benzene rings is 4. The molecule has 1 amide bonds. The first-order valence-electron chi connectivity index (χ1n) is 12.2. The summed E-state index contributed by atoms with van der Waals surface area (Å²) in [6.45, 7) is 1.91. The Morgan fingerprint density at radius 1 is 0.895 bits per heavy atom. The fraction of sp³-hybridized carbons (Fsp3) is 0.233. The molecular weight excluding hydrogens is 532 g/mol. The highest BCUT2D eigenvalue weighted by atomic mass is 35.5. The lowest BCUT2D eigenvalue weighted by atomic mass is 9.99. The average Bonchev–Trinajstić information content (AvgIpc) is 2.89. The molecule has 0 aromatic heterocycles. The van der Waals surface area contributed by atoms with Crippen LogP contribution in [0.15, 0.2) is 91.0 Å². The fourth-order valence-electron chi connectivity index (χ4n) is 4.62. The van der Waals surface area contributed by atoms with Crippen LogP contribution in [-0.4, -0.2) is 23.5 Å². The monoisotopic (exact) mass is 558 g/mol. The number of amides is 1. The second kappa shape index (κ2) is 12.2. The summed E-state index contributed by atoms with van der Waals surface area (Å²) in [5.74, 6) is -0.625. The number of carbonyl (C=O) groups is 1. The van der Waals surface area contributed by atoms with Crippen LogP contribution in [0.3, 0.4) is 0 Å². The lowest BCUT2D eigenvalue weighted by molar-refractivity contribution is -0.193. The molecule has 1 unspecified atom stereocenters. The van der Waals surface area contributed by atoms with Crippen LogP contribution in [0.5, 0.6) is 0 Å². The zero-order valence-electron chi connectivity index (χ0n) is 20.7. The molecule has 38 heavy (non-hydrogen) atoms. The van der Waals surface area contributed by atoms with Crippen LogP contribution >= 0.6 is 23.2 Å². The maximum atomic E-state index is 14.4. The molecule has 4 rings (SSSR count). The molecule has 2 atom stereocenters. The van der Waals surface area contributed by atoms with Gasteiger partial charge in [0.15, 0.2) is 6.04 Å². The van der Waals surface area contributed by atoms with Crippen LogP contribution in [0, 0.1) is 0 Å². The van der Waals surface area contributed by atoms with Crippen molar-refractivity contribution in [3.63, 3.8) is 0 Å². The molecule has 0 spiro atoms. The van der Waals surface area contributed by atoms with Gasteiger partial charge in [0.25, 0.3) is 0 Å². The molecule has 0 bridgehead atoms. The Morgan fingerprint density at radius 3 is 2.29 bits per heavy atom. The standard InChI is InChI=1S/C30H27Cl2F3N2O/c1-20(24-13-7-11-22-8-5-6-12-25(22)24)36-17-16-28(38)37(19-21-14-15-26(31)27(32)18-21)29(30(33,34)35)23-9-3-2-4-10-23/h2-15,18,20,29,36H,16-17,19H2,1H3/t20-,29?/m1/s1. The predicted molar refractivity (Wildman–Crippen MR) is 147 cm³/mol. The van der Waals surface area contributed by atoms with Gasteiger partial charge in [-0.05, 0) is 46.5 Å². The van der Waals surface area contributed by atoms with Crippen molar-refractivity contribution in [1.29, 1.82) is 0 Å². The maximum Gasteiger partial charge on any atom is 0.413 e. The van der Waals surface area contributed by atoms with Gasteiger partial charge in [-0.3, -0.25) is 4.79 Å². The number of carbonyl (C=O) groups excluding carboxylic acids is 1. The summed E-state index contributed by atoms with van der Waals surface area (Å²) in [7, 11) is 0. The molecule has 0 aliphatic rings. The van der Waals surface area contributed by atoms with Gasteiger partial charge in [-0.25, -0.2) is 0 Å². The smallest absolute Gasteiger partial charge is 0.322 e. The van der Waals surface area contributed by atoms with Gasteiger partial charge < -0.3 is 10.2 Å². The SMILES string of the molecule is C[C@@H](NCCC(=O)N(Cc1ccc(Cl)c(Cl)c1)C(c1ccccc1)C(F)(F)F)c1cccc2ccccc12. The van der Waals surface area contributed by atoms with Crippen molar-refractivity contribution >= 4 is 39.9 Å². The van der Waals surface area contributed by atoms with E-state index < -0.39 is 18.1 Å². The van der Waals surface area contributed by atoms with Crippen molar-refractivity contribution < 1.29 is 18.0 Å². The number of halogens is 5. The zero-order chi connectivity index (χ0) is 27.3. The van der Waals surface area contributed by atoms with Crippen LogP contribution < -0.4 is 5.32 Å². The van der Waals surface area contributed by atoms with Crippen LogP contribution in [0.1, 0.15) is 42.1 Å². The Morgan fingerprint density at radius 2 is 1.58 bits per heavy atom. The molecule has 0 aliphatic heterocycles.